The van der Waals surface area contributed by atoms with Crippen molar-refractivity contribution in [1.82, 2.24) is 0 Å². The van der Waals surface area contributed by atoms with Crippen LogP contribution in [0.4, 0.5) is 17.3 Å². The van der Waals surface area contributed by atoms with E-state index >= 15 is 0 Å². The van der Waals surface area contributed by atoms with E-state index in [-0.39, 0.29) is 6.61 Å². The van der Waals surface area contributed by atoms with Gasteiger partial charge in [-0.05, 0) is 30.3 Å². The topological polar surface area (TPSA) is 65.8 Å². The largest absolute Gasteiger partial charge is 0.673 e. The van der Waals surface area contributed by atoms with Crippen LogP contribution in [-0.2, 0) is 0 Å². The monoisotopic (exact) mass is 427 g/mol. The number of rotatable bonds is 6. The maximum Gasteiger partial charge on any atom is 0.673 e. The van der Waals surface area contributed by atoms with Gasteiger partial charge in [-0.3, -0.25) is 0 Å². The Morgan fingerprint density at radius 3 is 2.27 bits per heavy atom. The second kappa shape index (κ2) is 10.7. The average molecular weight is 427 g/mol. The number of benzene rings is 2. The Morgan fingerprint density at radius 1 is 0.967 bits per heavy atom. The van der Waals surface area contributed by atoms with Crippen molar-refractivity contribution in [3.8, 4) is 22.8 Å². The minimum Gasteiger partial charge on any atom is -0.493 e. The Balaban J connectivity index is 0.000000575. The summed E-state index contributed by atoms with van der Waals surface area (Å²) in [5.41, 5.74) is 1.69. The Morgan fingerprint density at radius 2 is 1.63 bits per heavy atom. The number of aliphatic hydroxyl groups is 1. The zero-order valence-corrected chi connectivity index (χ0v) is 16.5. The van der Waals surface area contributed by atoms with Crippen molar-refractivity contribution in [2.45, 2.75) is 6.42 Å². The van der Waals surface area contributed by atoms with Gasteiger partial charge in [0.25, 0.3) is 0 Å². The molecule has 1 aromatic heterocycles. The van der Waals surface area contributed by atoms with Crippen LogP contribution in [0.1, 0.15) is 6.42 Å². The van der Waals surface area contributed by atoms with Crippen LogP contribution in [0.25, 0.3) is 22.3 Å². The third kappa shape index (κ3) is 6.80. The Labute approximate surface area is 170 Å². The lowest BCUT2D eigenvalue weighted by atomic mass is 10.1. The van der Waals surface area contributed by atoms with Crippen molar-refractivity contribution in [3.63, 3.8) is 0 Å². The molecule has 0 spiro atoms. The van der Waals surface area contributed by atoms with Gasteiger partial charge < -0.3 is 36.3 Å². The first kappa shape index (κ1) is 23.3. The molecule has 5 nitrogen and oxygen atoms in total. The summed E-state index contributed by atoms with van der Waals surface area (Å²) in [5, 5.41) is 11.0. The van der Waals surface area contributed by atoms with Crippen molar-refractivity contribution in [2.75, 3.05) is 27.4 Å². The molecule has 0 unspecified atom stereocenters. The number of nitrogens with one attached hydrogen (secondary N) is 1. The van der Waals surface area contributed by atoms with Gasteiger partial charge in [0.05, 0.1) is 25.7 Å². The summed E-state index contributed by atoms with van der Waals surface area (Å²) >= 11 is 0. The standard InChI is InChI=1S/C20H21NO4.BF4/c1-23-18-9-8-14(12-20(18)24-2)19-13-16(21-10-5-11-22)15-6-3-4-7-17(15)25-19;2-1(3,4)5/h3-4,6-9,12-13,22H,5,10-11H2,1-2H3;/q;-1/p+1. The molecule has 162 valence electrons. The summed E-state index contributed by atoms with van der Waals surface area (Å²) in [5.74, 6) is 2.05. The zero-order chi connectivity index (χ0) is 22.1. The molecule has 0 saturated heterocycles. The first-order valence-corrected chi connectivity index (χ1v) is 9.07. The fourth-order valence-electron chi connectivity index (χ4n) is 2.72. The van der Waals surface area contributed by atoms with Gasteiger partial charge in [-0.2, -0.15) is 0 Å². The zero-order valence-electron chi connectivity index (χ0n) is 16.5. The number of ether oxygens (including phenoxy) is 2. The summed E-state index contributed by atoms with van der Waals surface area (Å²) < 4.78 is 55.8. The number of halogens is 4. The van der Waals surface area contributed by atoms with Crippen LogP contribution in [0.15, 0.2) is 52.9 Å². The molecule has 0 fully saturated rings. The highest BCUT2D eigenvalue weighted by Crippen LogP contribution is 2.32. The minimum absolute atomic E-state index is 0.157. The number of hydrogen-bond donors (Lipinski definition) is 2. The van der Waals surface area contributed by atoms with E-state index in [2.05, 4.69) is 4.99 Å². The van der Waals surface area contributed by atoms with E-state index in [9.17, 15) is 17.3 Å². The van der Waals surface area contributed by atoms with Gasteiger partial charge in [0.15, 0.2) is 11.5 Å². The van der Waals surface area contributed by atoms with Gasteiger partial charge in [-0.15, -0.1) is 0 Å². The third-order valence-corrected chi connectivity index (χ3v) is 3.99. The van der Waals surface area contributed by atoms with Crippen LogP contribution in [0.3, 0.4) is 0 Å². The molecule has 0 saturated carbocycles. The molecule has 0 atom stereocenters. The second-order valence-electron chi connectivity index (χ2n) is 6.09. The maximum atomic E-state index is 9.75. The predicted octanol–water partition coefficient (Wildman–Crippen LogP) is 2.78. The fourth-order valence-corrected chi connectivity index (χ4v) is 2.72. The van der Waals surface area contributed by atoms with Gasteiger partial charge in [0.2, 0.25) is 5.36 Å². The average Bonchev–Trinajstić information content (AvgIpc) is 2.72. The van der Waals surface area contributed by atoms with Gasteiger partial charge in [0, 0.05) is 18.6 Å². The smallest absolute Gasteiger partial charge is 0.493 e. The van der Waals surface area contributed by atoms with Gasteiger partial charge in [0.1, 0.15) is 17.9 Å². The van der Waals surface area contributed by atoms with Crippen LogP contribution in [0, 0.1) is 0 Å². The lowest BCUT2D eigenvalue weighted by molar-refractivity contribution is -0.500. The van der Waals surface area contributed by atoms with Crippen molar-refractivity contribution in [3.05, 3.63) is 53.9 Å². The van der Waals surface area contributed by atoms with E-state index in [1.54, 1.807) is 14.2 Å². The first-order chi connectivity index (χ1) is 14.3. The molecule has 0 aliphatic heterocycles. The molecule has 2 N–H and O–H groups in total. The molecular formula is C20H22BF4NO4. The second-order valence-corrected chi connectivity index (χ2v) is 6.09. The molecule has 2 aromatic carbocycles. The van der Waals surface area contributed by atoms with Crippen LogP contribution >= 0.6 is 0 Å². The van der Waals surface area contributed by atoms with Crippen LogP contribution in [0.5, 0.6) is 11.5 Å². The Bertz CT molecular complexity index is 1030. The summed E-state index contributed by atoms with van der Waals surface area (Å²) in [6.07, 6.45) is 0.687. The summed E-state index contributed by atoms with van der Waals surface area (Å²) in [6.45, 7) is 0.848. The summed E-state index contributed by atoms with van der Waals surface area (Å²) in [7, 11) is -2.78. The molecule has 30 heavy (non-hydrogen) atoms. The molecule has 0 amide bonds. The van der Waals surface area contributed by atoms with Crippen LogP contribution in [0.2, 0.25) is 0 Å². The van der Waals surface area contributed by atoms with Crippen LogP contribution < -0.4 is 19.8 Å². The van der Waals surface area contributed by atoms with E-state index in [0.29, 0.717) is 24.5 Å². The number of methoxy groups -OCH3 is 2. The van der Waals surface area contributed by atoms with E-state index in [1.165, 1.54) is 0 Å². The van der Waals surface area contributed by atoms with Gasteiger partial charge in [-0.1, -0.05) is 12.1 Å². The summed E-state index contributed by atoms with van der Waals surface area (Å²) in [4.78, 5) is 3.37. The lowest BCUT2D eigenvalue weighted by Crippen LogP contribution is -2.76. The molecule has 3 aromatic rings. The molecule has 0 aliphatic carbocycles. The predicted molar refractivity (Wildman–Crippen MR) is 106 cm³/mol. The number of aliphatic hydroxyl groups excluding tert-OH is 1. The Hall–Kier alpha value is -3.01. The van der Waals surface area contributed by atoms with Crippen molar-refractivity contribution in [2.24, 2.45) is 0 Å². The Kier molecular flexibility index (Phi) is 8.29. The van der Waals surface area contributed by atoms with E-state index in [1.807, 2.05) is 48.5 Å². The van der Waals surface area contributed by atoms with E-state index < -0.39 is 7.25 Å². The fraction of sp³-hybridized carbons (Fsp3) is 0.250. The van der Waals surface area contributed by atoms with Crippen molar-refractivity contribution >= 4 is 18.2 Å². The van der Waals surface area contributed by atoms with Crippen LogP contribution in [-0.4, -0.2) is 39.7 Å². The molecular weight excluding hydrogens is 405 g/mol. The molecule has 3 rings (SSSR count). The molecule has 0 bridgehead atoms. The number of fused-ring (bicyclic) bond motifs is 1. The lowest BCUT2D eigenvalue weighted by Gasteiger charge is -2.09. The van der Waals surface area contributed by atoms with Crippen molar-refractivity contribution in [1.29, 1.82) is 0 Å². The normalized spacial score (nSPS) is 11.8. The maximum absolute atomic E-state index is 9.75. The minimum atomic E-state index is -6.00. The SMILES string of the molecule is COc1ccc(-c2cc(=[NH+]CCCO)c3ccccc3o2)cc1OC.F[B-](F)(F)F. The summed E-state index contributed by atoms with van der Waals surface area (Å²) in [6, 6.07) is 15.5. The highest BCUT2D eigenvalue weighted by Gasteiger charge is 2.20. The quantitative estimate of drug-likeness (QED) is 0.361. The number of hydrogen-bond acceptors (Lipinski definition) is 4. The van der Waals surface area contributed by atoms with Gasteiger partial charge in [-0.25, -0.2) is 4.99 Å². The first-order valence-electron chi connectivity index (χ1n) is 9.07. The highest BCUT2D eigenvalue weighted by molar-refractivity contribution is 6.50. The van der Waals surface area contributed by atoms with Gasteiger partial charge >= 0.3 is 7.25 Å². The molecule has 0 radical (unpaired) electrons. The van der Waals surface area contributed by atoms with E-state index in [0.717, 1.165) is 27.7 Å². The molecule has 10 heteroatoms. The number of para-hydroxylation sites is 1. The third-order valence-electron chi connectivity index (χ3n) is 3.99. The molecule has 1 heterocycles. The molecule has 0 aliphatic rings. The van der Waals surface area contributed by atoms with E-state index in [4.69, 9.17) is 19.0 Å². The van der Waals surface area contributed by atoms with Crippen molar-refractivity contribution < 1.29 is 41.3 Å². The highest BCUT2D eigenvalue weighted by atomic mass is 19.5.